The first-order chi connectivity index (χ1) is 13.5. The Kier molecular flexibility index (Phi) is 6.44. The van der Waals surface area contributed by atoms with Crippen LogP contribution in [0.15, 0.2) is 48.7 Å². The highest BCUT2D eigenvalue weighted by Crippen LogP contribution is 2.22. The number of pyridine rings is 1. The number of carbonyl (C=O) groups is 2. The third kappa shape index (κ3) is 4.98. The van der Waals surface area contributed by atoms with E-state index in [1.54, 1.807) is 36.4 Å². The van der Waals surface area contributed by atoms with Gasteiger partial charge in [-0.2, -0.15) is 0 Å². The van der Waals surface area contributed by atoms with Gasteiger partial charge in [0.2, 0.25) is 0 Å². The van der Waals surface area contributed by atoms with Crippen LogP contribution in [0.1, 0.15) is 30.1 Å². The quantitative estimate of drug-likeness (QED) is 0.669. The molecule has 0 aliphatic carbocycles. The van der Waals surface area contributed by atoms with Crippen molar-refractivity contribution in [3.05, 3.63) is 59.8 Å². The standard InChI is InChI=1S/C20H23N3O5/c24-18(15-8-9-16(21-12-15)23-10-4-5-11-23)17(19(25)26)22-20(27)28-13-14-6-2-1-3-7-14/h1-3,6-9,12,17-18,24H,4-5,10-11,13H2,(H,22,27)(H,25,26)/t17-,18+/m1/s1. The van der Waals surface area contributed by atoms with E-state index in [-0.39, 0.29) is 6.61 Å². The molecule has 1 fully saturated rings. The summed E-state index contributed by atoms with van der Waals surface area (Å²) in [5, 5.41) is 22.0. The van der Waals surface area contributed by atoms with Gasteiger partial charge in [-0.15, -0.1) is 0 Å². The van der Waals surface area contributed by atoms with Crippen molar-refractivity contribution in [1.29, 1.82) is 0 Å². The number of carbonyl (C=O) groups excluding carboxylic acids is 1. The lowest BCUT2D eigenvalue weighted by atomic mass is 10.0. The Morgan fingerprint density at radius 3 is 2.46 bits per heavy atom. The first-order valence-electron chi connectivity index (χ1n) is 9.13. The van der Waals surface area contributed by atoms with Crippen molar-refractivity contribution in [2.75, 3.05) is 18.0 Å². The molecule has 0 saturated carbocycles. The molecule has 1 aromatic carbocycles. The second kappa shape index (κ2) is 9.18. The predicted molar refractivity (Wildman–Crippen MR) is 102 cm³/mol. The summed E-state index contributed by atoms with van der Waals surface area (Å²) >= 11 is 0. The average Bonchev–Trinajstić information content (AvgIpc) is 3.25. The van der Waals surface area contributed by atoms with Gasteiger partial charge in [0.25, 0.3) is 0 Å². The zero-order valence-corrected chi connectivity index (χ0v) is 15.3. The van der Waals surface area contributed by atoms with Crippen LogP contribution in [0.3, 0.4) is 0 Å². The van der Waals surface area contributed by atoms with Crippen molar-refractivity contribution in [3.8, 4) is 0 Å². The number of hydrogen-bond acceptors (Lipinski definition) is 6. The van der Waals surface area contributed by atoms with Crippen molar-refractivity contribution in [2.45, 2.75) is 31.6 Å². The Balaban J connectivity index is 1.60. The fourth-order valence-electron chi connectivity index (χ4n) is 3.07. The molecule has 2 heterocycles. The molecule has 1 amide bonds. The largest absolute Gasteiger partial charge is 0.480 e. The molecular formula is C20H23N3O5. The molecule has 0 radical (unpaired) electrons. The van der Waals surface area contributed by atoms with E-state index in [0.29, 0.717) is 5.56 Å². The van der Waals surface area contributed by atoms with Crippen LogP contribution in [0.5, 0.6) is 0 Å². The highest BCUT2D eigenvalue weighted by Gasteiger charge is 2.30. The van der Waals surface area contributed by atoms with Crippen LogP contribution < -0.4 is 10.2 Å². The van der Waals surface area contributed by atoms with E-state index >= 15 is 0 Å². The molecule has 1 aromatic heterocycles. The van der Waals surface area contributed by atoms with E-state index in [1.165, 1.54) is 6.20 Å². The van der Waals surface area contributed by atoms with E-state index in [1.807, 2.05) is 6.07 Å². The van der Waals surface area contributed by atoms with Gasteiger partial charge < -0.3 is 25.2 Å². The second-order valence-corrected chi connectivity index (χ2v) is 6.61. The topological polar surface area (TPSA) is 112 Å². The maximum atomic E-state index is 12.0. The fraction of sp³-hybridized carbons (Fsp3) is 0.350. The molecule has 3 rings (SSSR count). The number of nitrogens with zero attached hydrogens (tertiary/aromatic N) is 2. The minimum Gasteiger partial charge on any atom is -0.480 e. The van der Waals surface area contributed by atoms with E-state index in [9.17, 15) is 19.8 Å². The summed E-state index contributed by atoms with van der Waals surface area (Å²) < 4.78 is 5.03. The van der Waals surface area contributed by atoms with Gasteiger partial charge in [-0.3, -0.25) is 0 Å². The number of aliphatic hydroxyl groups is 1. The number of aliphatic hydroxyl groups excluding tert-OH is 1. The maximum Gasteiger partial charge on any atom is 0.408 e. The molecule has 148 valence electrons. The van der Waals surface area contributed by atoms with Gasteiger partial charge in [-0.1, -0.05) is 36.4 Å². The number of carboxylic acids is 1. The summed E-state index contributed by atoms with van der Waals surface area (Å²) in [7, 11) is 0. The lowest BCUT2D eigenvalue weighted by Crippen LogP contribution is -2.45. The summed E-state index contributed by atoms with van der Waals surface area (Å²) in [4.78, 5) is 29.9. The van der Waals surface area contributed by atoms with Crippen LogP contribution in [0, 0.1) is 0 Å². The molecule has 1 aliphatic rings. The minimum absolute atomic E-state index is 0.00119. The fourth-order valence-corrected chi connectivity index (χ4v) is 3.07. The number of carboxylic acid groups (broad SMARTS) is 1. The average molecular weight is 385 g/mol. The number of rotatable bonds is 7. The molecule has 1 saturated heterocycles. The number of anilines is 1. The number of nitrogens with one attached hydrogen (secondary N) is 1. The SMILES string of the molecule is O=C(N[C@@H](C(=O)O)[C@@H](O)c1ccc(N2CCCC2)nc1)OCc1ccccc1. The summed E-state index contributed by atoms with van der Waals surface area (Å²) in [6.07, 6.45) is 1.29. The van der Waals surface area contributed by atoms with Crippen LogP contribution >= 0.6 is 0 Å². The third-order valence-electron chi connectivity index (χ3n) is 4.61. The van der Waals surface area contributed by atoms with Crippen LogP contribution in [-0.2, 0) is 16.1 Å². The van der Waals surface area contributed by atoms with Crippen LogP contribution in [-0.4, -0.2) is 46.4 Å². The number of aromatic nitrogens is 1. The Bertz CT molecular complexity index is 791. The maximum absolute atomic E-state index is 12.0. The zero-order valence-electron chi connectivity index (χ0n) is 15.3. The summed E-state index contributed by atoms with van der Waals surface area (Å²) in [5.74, 6) is -0.580. The molecule has 8 nitrogen and oxygen atoms in total. The number of ether oxygens (including phenoxy) is 1. The summed E-state index contributed by atoms with van der Waals surface area (Å²) in [6.45, 7) is 1.87. The molecule has 8 heteroatoms. The summed E-state index contributed by atoms with van der Waals surface area (Å²) in [5.41, 5.74) is 1.07. The summed E-state index contributed by atoms with van der Waals surface area (Å²) in [6, 6.07) is 10.8. The monoisotopic (exact) mass is 385 g/mol. The molecule has 1 aliphatic heterocycles. The van der Waals surface area contributed by atoms with Gasteiger partial charge in [-0.05, 0) is 24.5 Å². The number of aliphatic carboxylic acids is 1. The Morgan fingerprint density at radius 1 is 1.14 bits per heavy atom. The van der Waals surface area contributed by atoms with Gasteiger partial charge in [0.1, 0.15) is 18.5 Å². The molecule has 2 aromatic rings. The molecule has 3 N–H and O–H groups in total. The number of alkyl carbamates (subject to hydrolysis) is 1. The third-order valence-corrected chi connectivity index (χ3v) is 4.61. The van der Waals surface area contributed by atoms with E-state index in [0.717, 1.165) is 37.3 Å². The molecule has 0 unspecified atom stereocenters. The van der Waals surface area contributed by atoms with Crippen molar-refractivity contribution in [3.63, 3.8) is 0 Å². The highest BCUT2D eigenvalue weighted by molar-refractivity contribution is 5.80. The van der Waals surface area contributed by atoms with Gasteiger partial charge in [0, 0.05) is 24.8 Å². The molecule has 2 atom stereocenters. The van der Waals surface area contributed by atoms with Crippen molar-refractivity contribution < 1.29 is 24.5 Å². The predicted octanol–water partition coefficient (Wildman–Crippen LogP) is 2.09. The minimum atomic E-state index is -1.55. The highest BCUT2D eigenvalue weighted by atomic mass is 16.5. The number of hydrogen-bond donors (Lipinski definition) is 3. The number of benzene rings is 1. The first-order valence-corrected chi connectivity index (χ1v) is 9.13. The molecule has 28 heavy (non-hydrogen) atoms. The second-order valence-electron chi connectivity index (χ2n) is 6.61. The Morgan fingerprint density at radius 2 is 1.86 bits per heavy atom. The molecule has 0 bridgehead atoms. The van der Waals surface area contributed by atoms with Gasteiger partial charge in [0.05, 0.1) is 0 Å². The van der Waals surface area contributed by atoms with E-state index in [2.05, 4.69) is 15.2 Å². The number of amides is 1. The molecule has 0 spiro atoms. The van der Waals surface area contributed by atoms with Crippen LogP contribution in [0.4, 0.5) is 10.6 Å². The van der Waals surface area contributed by atoms with E-state index < -0.39 is 24.2 Å². The van der Waals surface area contributed by atoms with Crippen molar-refractivity contribution >= 4 is 17.9 Å². The lowest BCUT2D eigenvalue weighted by Gasteiger charge is -2.21. The zero-order chi connectivity index (χ0) is 19.9. The Hall–Kier alpha value is -3.13. The van der Waals surface area contributed by atoms with Crippen LogP contribution in [0.25, 0.3) is 0 Å². The van der Waals surface area contributed by atoms with Crippen molar-refractivity contribution in [2.24, 2.45) is 0 Å². The van der Waals surface area contributed by atoms with Gasteiger partial charge in [-0.25, -0.2) is 14.6 Å². The Labute approximate surface area is 162 Å². The lowest BCUT2D eigenvalue weighted by molar-refractivity contribution is -0.142. The first kappa shape index (κ1) is 19.6. The van der Waals surface area contributed by atoms with E-state index in [4.69, 9.17) is 4.74 Å². The van der Waals surface area contributed by atoms with Crippen molar-refractivity contribution in [1.82, 2.24) is 10.3 Å². The van der Waals surface area contributed by atoms with Gasteiger partial charge >= 0.3 is 12.1 Å². The van der Waals surface area contributed by atoms with Gasteiger partial charge in [0.15, 0.2) is 6.04 Å². The normalized spacial score (nSPS) is 15.7. The van der Waals surface area contributed by atoms with Crippen LogP contribution in [0.2, 0.25) is 0 Å². The smallest absolute Gasteiger partial charge is 0.408 e. The molecular weight excluding hydrogens is 362 g/mol.